The first-order chi connectivity index (χ1) is 8.20. The number of ether oxygens (including phenoxy) is 2. The molecule has 0 aromatic heterocycles. The molecule has 1 heterocycles. The minimum absolute atomic E-state index is 0.0988. The molecule has 6 heteroatoms. The zero-order chi connectivity index (χ0) is 14.0. The lowest BCUT2D eigenvalue weighted by molar-refractivity contribution is -0.151. The molecule has 1 saturated heterocycles. The highest BCUT2D eigenvalue weighted by Crippen LogP contribution is 2.32. The van der Waals surface area contributed by atoms with Crippen molar-refractivity contribution in [2.45, 2.75) is 32.8 Å². The summed E-state index contributed by atoms with van der Waals surface area (Å²) in [4.78, 5) is 24.6. The Morgan fingerprint density at radius 3 is 2.44 bits per heavy atom. The van der Waals surface area contributed by atoms with E-state index in [1.165, 1.54) is 12.0 Å². The average Bonchev–Trinajstić information content (AvgIpc) is 2.61. The second kappa shape index (κ2) is 5.14. The molecule has 0 aliphatic carbocycles. The third-order valence-corrected chi connectivity index (χ3v) is 2.88. The van der Waals surface area contributed by atoms with Gasteiger partial charge in [-0.2, -0.15) is 0 Å². The number of amides is 1. The predicted octanol–water partition coefficient (Wildman–Crippen LogP) is 1.34. The maximum Gasteiger partial charge on any atom is 0.410 e. The number of methoxy groups -OCH3 is 1. The number of hydrogen-bond acceptors (Lipinski definition) is 4. The van der Waals surface area contributed by atoms with E-state index in [-0.39, 0.29) is 13.2 Å². The molecule has 6 nitrogen and oxygen atoms in total. The van der Waals surface area contributed by atoms with Crippen LogP contribution in [0.1, 0.15) is 27.2 Å². The van der Waals surface area contributed by atoms with Crippen LogP contribution < -0.4 is 0 Å². The van der Waals surface area contributed by atoms with Gasteiger partial charge in [0.05, 0.1) is 6.61 Å². The molecule has 1 rings (SSSR count). The second-order valence-electron chi connectivity index (χ2n) is 5.67. The molecule has 0 saturated carbocycles. The maximum absolute atomic E-state index is 11.8. The van der Waals surface area contributed by atoms with E-state index in [1.807, 2.05) is 0 Å². The van der Waals surface area contributed by atoms with Gasteiger partial charge < -0.3 is 19.5 Å². The lowest BCUT2D eigenvalue weighted by Gasteiger charge is -2.26. The quantitative estimate of drug-likeness (QED) is 0.827. The molecule has 0 bridgehead atoms. The Labute approximate surface area is 107 Å². The fourth-order valence-corrected chi connectivity index (χ4v) is 1.99. The largest absolute Gasteiger partial charge is 0.481 e. The second-order valence-corrected chi connectivity index (χ2v) is 5.67. The van der Waals surface area contributed by atoms with Crippen LogP contribution in [0.3, 0.4) is 0 Å². The van der Waals surface area contributed by atoms with Gasteiger partial charge in [-0.25, -0.2) is 4.79 Å². The summed E-state index contributed by atoms with van der Waals surface area (Å²) in [6, 6.07) is 0. The lowest BCUT2D eigenvalue weighted by atomic mass is 9.88. The van der Waals surface area contributed by atoms with Gasteiger partial charge in [0, 0.05) is 20.2 Å². The smallest absolute Gasteiger partial charge is 0.410 e. The first-order valence-corrected chi connectivity index (χ1v) is 5.90. The van der Waals surface area contributed by atoms with E-state index in [0.717, 1.165) is 0 Å². The van der Waals surface area contributed by atoms with Crippen molar-refractivity contribution in [3.05, 3.63) is 0 Å². The molecule has 1 amide bonds. The summed E-state index contributed by atoms with van der Waals surface area (Å²) in [6.45, 7) is 5.94. The summed E-state index contributed by atoms with van der Waals surface area (Å²) < 4.78 is 10.2. The average molecular weight is 259 g/mol. The highest BCUT2D eigenvalue weighted by atomic mass is 16.6. The Bertz CT molecular complexity index is 336. The summed E-state index contributed by atoms with van der Waals surface area (Å²) in [5, 5.41) is 9.27. The number of nitrogens with zero attached hydrogens (tertiary/aromatic N) is 1. The van der Waals surface area contributed by atoms with Crippen molar-refractivity contribution in [1.82, 2.24) is 4.90 Å². The van der Waals surface area contributed by atoms with Crippen LogP contribution in [0.5, 0.6) is 0 Å². The van der Waals surface area contributed by atoms with E-state index >= 15 is 0 Å². The Hall–Kier alpha value is -1.30. The van der Waals surface area contributed by atoms with Crippen molar-refractivity contribution in [2.75, 3.05) is 26.8 Å². The lowest BCUT2D eigenvalue weighted by Crippen LogP contribution is -2.41. The molecule has 0 radical (unpaired) electrons. The molecular weight excluding hydrogens is 238 g/mol. The molecule has 1 N–H and O–H groups in total. The van der Waals surface area contributed by atoms with Gasteiger partial charge in [0.1, 0.15) is 11.0 Å². The van der Waals surface area contributed by atoms with Crippen LogP contribution in [0.15, 0.2) is 0 Å². The molecule has 0 unspecified atom stereocenters. The Morgan fingerprint density at radius 2 is 2.00 bits per heavy atom. The highest BCUT2D eigenvalue weighted by Gasteiger charge is 2.47. The van der Waals surface area contributed by atoms with Crippen molar-refractivity contribution < 1.29 is 24.2 Å². The minimum atomic E-state index is -1.01. The van der Waals surface area contributed by atoms with Gasteiger partial charge in [-0.3, -0.25) is 4.79 Å². The summed E-state index contributed by atoms with van der Waals surface area (Å²) in [6.07, 6.45) is -0.0863. The monoisotopic (exact) mass is 259 g/mol. The van der Waals surface area contributed by atoms with Crippen LogP contribution >= 0.6 is 0 Å². The van der Waals surface area contributed by atoms with Gasteiger partial charge >= 0.3 is 12.1 Å². The topological polar surface area (TPSA) is 76.1 Å². The molecule has 0 aromatic carbocycles. The van der Waals surface area contributed by atoms with E-state index in [1.54, 1.807) is 20.8 Å². The number of aliphatic carboxylic acids is 1. The molecule has 18 heavy (non-hydrogen) atoms. The number of carbonyl (C=O) groups is 2. The predicted molar refractivity (Wildman–Crippen MR) is 64.4 cm³/mol. The van der Waals surface area contributed by atoms with E-state index in [0.29, 0.717) is 13.0 Å². The number of carboxylic acid groups (broad SMARTS) is 1. The zero-order valence-electron chi connectivity index (χ0n) is 11.4. The van der Waals surface area contributed by atoms with Gasteiger partial charge in [-0.15, -0.1) is 0 Å². The van der Waals surface area contributed by atoms with Crippen LogP contribution in [0.2, 0.25) is 0 Å². The summed E-state index contributed by atoms with van der Waals surface area (Å²) in [5.74, 6) is -0.935. The molecule has 1 aliphatic heterocycles. The normalized spacial score (nSPS) is 24.1. The van der Waals surface area contributed by atoms with Crippen molar-refractivity contribution in [3.8, 4) is 0 Å². The Kier molecular flexibility index (Phi) is 4.21. The van der Waals surface area contributed by atoms with E-state index in [9.17, 15) is 14.7 Å². The Morgan fingerprint density at radius 1 is 1.39 bits per heavy atom. The zero-order valence-corrected chi connectivity index (χ0v) is 11.4. The van der Waals surface area contributed by atoms with Crippen molar-refractivity contribution in [1.29, 1.82) is 0 Å². The van der Waals surface area contributed by atoms with Gasteiger partial charge in [0.2, 0.25) is 0 Å². The third-order valence-electron chi connectivity index (χ3n) is 2.88. The number of carbonyl (C=O) groups excluding carboxylic acids is 1. The van der Waals surface area contributed by atoms with E-state index in [4.69, 9.17) is 9.47 Å². The summed E-state index contributed by atoms with van der Waals surface area (Å²) >= 11 is 0. The van der Waals surface area contributed by atoms with E-state index < -0.39 is 23.1 Å². The van der Waals surface area contributed by atoms with Gasteiger partial charge in [-0.05, 0) is 27.2 Å². The third kappa shape index (κ3) is 3.35. The highest BCUT2D eigenvalue weighted by molar-refractivity contribution is 5.78. The van der Waals surface area contributed by atoms with Crippen molar-refractivity contribution >= 4 is 12.1 Å². The first-order valence-electron chi connectivity index (χ1n) is 5.90. The molecule has 0 aromatic rings. The van der Waals surface area contributed by atoms with Crippen LogP contribution in [0, 0.1) is 5.41 Å². The van der Waals surface area contributed by atoms with Crippen molar-refractivity contribution in [2.24, 2.45) is 5.41 Å². The molecule has 1 atom stereocenters. The van der Waals surface area contributed by atoms with Crippen LogP contribution in [0.4, 0.5) is 4.79 Å². The molecule has 0 spiro atoms. The SMILES string of the molecule is COC[C@@]1(C(=O)O)CCN(C(=O)OC(C)(C)C)C1. The number of carboxylic acids is 1. The Balaban J connectivity index is 2.69. The standard InChI is InChI=1S/C12H21NO5/c1-11(2,3)18-10(16)13-6-5-12(7-13,8-17-4)9(14)15/h5-8H2,1-4H3,(H,14,15)/t12-/m1/s1. The minimum Gasteiger partial charge on any atom is -0.481 e. The maximum atomic E-state index is 11.8. The van der Waals surface area contributed by atoms with Crippen molar-refractivity contribution in [3.63, 3.8) is 0 Å². The summed E-state index contributed by atoms with van der Waals surface area (Å²) in [5.41, 5.74) is -1.58. The fourth-order valence-electron chi connectivity index (χ4n) is 1.99. The van der Waals surface area contributed by atoms with Gasteiger partial charge in [0.25, 0.3) is 0 Å². The number of hydrogen-bond donors (Lipinski definition) is 1. The molecule has 1 aliphatic rings. The molecule has 1 fully saturated rings. The van der Waals surface area contributed by atoms with Crippen LogP contribution in [-0.4, -0.2) is 54.5 Å². The van der Waals surface area contributed by atoms with Gasteiger partial charge in [-0.1, -0.05) is 0 Å². The summed E-state index contributed by atoms with van der Waals surface area (Å²) in [7, 11) is 1.46. The number of rotatable bonds is 3. The molecular formula is C12H21NO5. The molecule has 104 valence electrons. The first kappa shape index (κ1) is 14.8. The number of likely N-dealkylation sites (tertiary alicyclic amines) is 1. The van der Waals surface area contributed by atoms with Crippen LogP contribution in [-0.2, 0) is 14.3 Å². The van der Waals surface area contributed by atoms with E-state index in [2.05, 4.69) is 0 Å². The fraction of sp³-hybridized carbons (Fsp3) is 0.833. The van der Waals surface area contributed by atoms with Gasteiger partial charge in [0.15, 0.2) is 0 Å². The van der Waals surface area contributed by atoms with Crippen LogP contribution in [0.25, 0.3) is 0 Å².